The van der Waals surface area contributed by atoms with Crippen LogP contribution in [0.25, 0.3) is 0 Å². The third-order valence-corrected chi connectivity index (χ3v) is 4.01. The molecule has 0 bridgehead atoms. The fourth-order valence-electron chi connectivity index (χ4n) is 1.95. The van der Waals surface area contributed by atoms with Crippen LogP contribution in [-0.2, 0) is 4.74 Å². The number of carbonyl (C=O) groups excluding carboxylic acids is 1. The lowest BCUT2D eigenvalue weighted by atomic mass is 9.99. The van der Waals surface area contributed by atoms with E-state index in [4.69, 9.17) is 4.74 Å². The maximum atomic E-state index is 11.4. The van der Waals surface area contributed by atoms with E-state index in [0.29, 0.717) is 11.6 Å². The van der Waals surface area contributed by atoms with E-state index in [2.05, 4.69) is 10.3 Å². The summed E-state index contributed by atoms with van der Waals surface area (Å²) in [5.74, 6) is 0.178. The Hall–Kier alpha value is -0.940. The largest absolute Gasteiger partial charge is 0.464 e. The van der Waals surface area contributed by atoms with Gasteiger partial charge in [0.1, 0.15) is 0 Å². The van der Waals surface area contributed by atoms with Crippen LogP contribution < -0.4 is 5.32 Å². The molecule has 1 aliphatic heterocycles. The monoisotopic (exact) mass is 240 g/mol. The van der Waals surface area contributed by atoms with E-state index < -0.39 is 0 Å². The molecular weight excluding hydrogens is 224 g/mol. The number of thiazole rings is 1. The Morgan fingerprint density at radius 2 is 2.19 bits per heavy atom. The summed E-state index contributed by atoms with van der Waals surface area (Å²) in [5, 5.41) is 4.41. The normalized spacial score (nSPS) is 17.4. The predicted molar refractivity (Wildman–Crippen MR) is 63.0 cm³/mol. The van der Waals surface area contributed by atoms with Gasteiger partial charge in [0.2, 0.25) is 0 Å². The first-order chi connectivity index (χ1) is 7.72. The number of rotatable bonds is 2. The van der Waals surface area contributed by atoms with Gasteiger partial charge in [0.05, 0.1) is 12.1 Å². The Morgan fingerprint density at radius 3 is 2.81 bits per heavy atom. The number of ether oxygens (including phenoxy) is 1. The zero-order valence-corrected chi connectivity index (χ0v) is 10.4. The van der Waals surface area contributed by atoms with E-state index in [9.17, 15) is 4.79 Å². The lowest BCUT2D eigenvalue weighted by Gasteiger charge is -2.20. The molecule has 5 heteroatoms. The van der Waals surface area contributed by atoms with Gasteiger partial charge in [-0.3, -0.25) is 0 Å². The van der Waals surface area contributed by atoms with Crippen LogP contribution in [0.15, 0.2) is 0 Å². The van der Waals surface area contributed by atoms with Crippen LogP contribution in [0.2, 0.25) is 0 Å². The molecule has 0 radical (unpaired) electrons. The van der Waals surface area contributed by atoms with Gasteiger partial charge in [0.15, 0.2) is 5.69 Å². The number of hydrogen-bond donors (Lipinski definition) is 1. The molecule has 2 heterocycles. The van der Waals surface area contributed by atoms with Crippen LogP contribution in [-0.4, -0.2) is 31.2 Å². The van der Waals surface area contributed by atoms with Crippen LogP contribution in [0.5, 0.6) is 0 Å². The summed E-state index contributed by atoms with van der Waals surface area (Å²) in [7, 11) is 1.39. The summed E-state index contributed by atoms with van der Waals surface area (Å²) >= 11 is 1.62. The quantitative estimate of drug-likeness (QED) is 0.799. The fourth-order valence-corrected chi connectivity index (χ4v) is 3.03. The van der Waals surface area contributed by atoms with Crippen molar-refractivity contribution in [3.05, 3.63) is 15.6 Å². The van der Waals surface area contributed by atoms with Crippen LogP contribution >= 0.6 is 11.3 Å². The average Bonchev–Trinajstić information content (AvgIpc) is 2.71. The molecule has 1 aromatic heterocycles. The molecule has 2 rings (SSSR count). The first-order valence-corrected chi connectivity index (χ1v) is 6.30. The van der Waals surface area contributed by atoms with Gasteiger partial charge < -0.3 is 10.1 Å². The molecule has 4 nitrogen and oxygen atoms in total. The minimum absolute atomic E-state index is 0.325. The fraction of sp³-hybridized carbons (Fsp3) is 0.636. The summed E-state index contributed by atoms with van der Waals surface area (Å²) in [6.07, 6.45) is 2.21. The molecule has 1 aromatic rings. The van der Waals surface area contributed by atoms with Gasteiger partial charge in [0.25, 0.3) is 0 Å². The lowest BCUT2D eigenvalue weighted by Crippen LogP contribution is -2.26. The number of piperidine rings is 1. The second-order valence-electron chi connectivity index (χ2n) is 3.97. The topological polar surface area (TPSA) is 51.2 Å². The highest BCUT2D eigenvalue weighted by Gasteiger charge is 2.22. The van der Waals surface area contributed by atoms with E-state index in [1.165, 1.54) is 7.11 Å². The Bertz CT molecular complexity index is 383. The number of methoxy groups -OCH3 is 1. The molecule has 1 aliphatic rings. The van der Waals surface area contributed by atoms with E-state index >= 15 is 0 Å². The molecule has 1 N–H and O–H groups in total. The smallest absolute Gasteiger partial charge is 0.357 e. The lowest BCUT2D eigenvalue weighted by molar-refractivity contribution is 0.0594. The molecular formula is C11H16N2O2S. The van der Waals surface area contributed by atoms with Crippen molar-refractivity contribution < 1.29 is 9.53 Å². The van der Waals surface area contributed by atoms with Crippen molar-refractivity contribution in [2.45, 2.75) is 25.7 Å². The second kappa shape index (κ2) is 4.93. The minimum atomic E-state index is -0.325. The Labute approximate surface area is 99.0 Å². The molecule has 0 unspecified atom stereocenters. The predicted octanol–water partition coefficient (Wildman–Crippen LogP) is 1.71. The van der Waals surface area contributed by atoms with Crippen molar-refractivity contribution in [2.24, 2.45) is 0 Å². The second-order valence-corrected chi connectivity index (χ2v) is 5.21. The third-order valence-electron chi connectivity index (χ3n) is 2.88. The maximum absolute atomic E-state index is 11.4. The van der Waals surface area contributed by atoms with Crippen molar-refractivity contribution in [3.8, 4) is 0 Å². The van der Waals surface area contributed by atoms with Gasteiger partial charge in [0, 0.05) is 10.8 Å². The van der Waals surface area contributed by atoms with Crippen molar-refractivity contribution in [1.29, 1.82) is 0 Å². The maximum Gasteiger partial charge on any atom is 0.357 e. The number of nitrogens with one attached hydrogen (secondary N) is 1. The summed E-state index contributed by atoms with van der Waals surface area (Å²) in [4.78, 5) is 16.8. The number of carbonyl (C=O) groups is 1. The highest BCUT2D eigenvalue weighted by atomic mass is 32.1. The molecule has 1 saturated heterocycles. The molecule has 0 spiro atoms. The highest BCUT2D eigenvalue weighted by molar-refractivity contribution is 7.12. The molecule has 0 aromatic carbocycles. The number of esters is 1. The van der Waals surface area contributed by atoms with E-state index in [0.717, 1.165) is 35.8 Å². The van der Waals surface area contributed by atoms with E-state index in [-0.39, 0.29) is 5.97 Å². The highest BCUT2D eigenvalue weighted by Crippen LogP contribution is 2.30. The van der Waals surface area contributed by atoms with Crippen LogP contribution in [0.3, 0.4) is 0 Å². The zero-order chi connectivity index (χ0) is 11.5. The van der Waals surface area contributed by atoms with Crippen LogP contribution in [0.1, 0.15) is 39.1 Å². The third kappa shape index (κ3) is 2.25. The SMILES string of the molecule is COC(=O)c1nc(C2CCNCC2)sc1C. The van der Waals surface area contributed by atoms with E-state index in [1.54, 1.807) is 11.3 Å². The van der Waals surface area contributed by atoms with E-state index in [1.807, 2.05) is 6.92 Å². The van der Waals surface area contributed by atoms with Gasteiger partial charge in [-0.15, -0.1) is 11.3 Å². The van der Waals surface area contributed by atoms with Gasteiger partial charge in [-0.1, -0.05) is 0 Å². The summed E-state index contributed by atoms with van der Waals surface area (Å²) < 4.78 is 4.71. The van der Waals surface area contributed by atoms with Crippen molar-refractivity contribution in [1.82, 2.24) is 10.3 Å². The molecule has 0 saturated carbocycles. The standard InChI is InChI=1S/C11H16N2O2S/c1-7-9(11(14)15-2)13-10(16-7)8-3-5-12-6-4-8/h8,12H,3-6H2,1-2H3. The van der Waals surface area contributed by atoms with Crippen molar-refractivity contribution >= 4 is 17.3 Å². The van der Waals surface area contributed by atoms with Gasteiger partial charge in [-0.05, 0) is 32.9 Å². The van der Waals surface area contributed by atoms with Gasteiger partial charge in [-0.2, -0.15) is 0 Å². The Kier molecular flexibility index (Phi) is 3.56. The number of aromatic nitrogens is 1. The van der Waals surface area contributed by atoms with Crippen molar-refractivity contribution in [2.75, 3.05) is 20.2 Å². The first-order valence-electron chi connectivity index (χ1n) is 5.48. The van der Waals surface area contributed by atoms with Crippen LogP contribution in [0.4, 0.5) is 0 Å². The summed E-state index contributed by atoms with van der Waals surface area (Å²) in [5.41, 5.74) is 0.487. The minimum Gasteiger partial charge on any atom is -0.464 e. The molecule has 0 atom stereocenters. The zero-order valence-electron chi connectivity index (χ0n) is 9.58. The van der Waals surface area contributed by atoms with Crippen molar-refractivity contribution in [3.63, 3.8) is 0 Å². The Balaban J connectivity index is 2.19. The number of hydrogen-bond acceptors (Lipinski definition) is 5. The van der Waals surface area contributed by atoms with Crippen LogP contribution in [0, 0.1) is 6.92 Å². The van der Waals surface area contributed by atoms with Gasteiger partial charge in [-0.25, -0.2) is 9.78 Å². The molecule has 0 aliphatic carbocycles. The summed E-state index contributed by atoms with van der Waals surface area (Å²) in [6.45, 7) is 4.00. The molecule has 1 fully saturated rings. The molecule has 16 heavy (non-hydrogen) atoms. The first kappa shape index (κ1) is 11.5. The average molecular weight is 240 g/mol. The van der Waals surface area contributed by atoms with Gasteiger partial charge >= 0.3 is 5.97 Å². The molecule has 88 valence electrons. The number of aryl methyl sites for hydroxylation is 1. The molecule has 0 amide bonds. The Morgan fingerprint density at radius 1 is 1.50 bits per heavy atom. The summed E-state index contributed by atoms with van der Waals surface area (Å²) in [6, 6.07) is 0. The number of nitrogens with zero attached hydrogens (tertiary/aromatic N) is 1.